The van der Waals surface area contributed by atoms with Crippen molar-refractivity contribution in [2.45, 2.75) is 6.42 Å². The van der Waals surface area contributed by atoms with Gasteiger partial charge in [0.15, 0.2) is 0 Å². The second-order valence-electron chi connectivity index (χ2n) is 4.42. The maximum atomic E-state index is 10.9. The van der Waals surface area contributed by atoms with Crippen molar-refractivity contribution in [1.29, 1.82) is 0 Å². The summed E-state index contributed by atoms with van der Waals surface area (Å²) in [5.74, 6) is -0.0272. The van der Waals surface area contributed by atoms with Gasteiger partial charge in [-0.3, -0.25) is 4.79 Å². The third kappa shape index (κ3) is 2.34. The van der Waals surface area contributed by atoms with E-state index in [-0.39, 0.29) is 6.54 Å². The van der Waals surface area contributed by atoms with E-state index >= 15 is 0 Å². The molecule has 5 nitrogen and oxygen atoms in total. The van der Waals surface area contributed by atoms with Gasteiger partial charge in [-0.1, -0.05) is 6.07 Å². The first-order valence-corrected chi connectivity index (χ1v) is 5.98. The number of rotatable bonds is 3. The van der Waals surface area contributed by atoms with Crippen LogP contribution in [0.2, 0.25) is 0 Å². The summed E-state index contributed by atoms with van der Waals surface area (Å²) < 4.78 is 5.38. The Balaban J connectivity index is 2.46. The number of fused-ring (bicyclic) bond motifs is 1. The van der Waals surface area contributed by atoms with Crippen molar-refractivity contribution in [3.05, 3.63) is 18.2 Å². The standard InChI is InChI=1S/C13H18N2O3/c1-14-7-4-8-15(9-12(16)17)10-5-3-6-11(18-2)13(10)14/h3,5-6H,4,7-9H2,1-2H3,(H,16,17). The van der Waals surface area contributed by atoms with Crippen molar-refractivity contribution in [2.75, 3.05) is 43.6 Å². The van der Waals surface area contributed by atoms with Crippen LogP contribution in [0.5, 0.6) is 5.75 Å². The molecular weight excluding hydrogens is 232 g/mol. The SMILES string of the molecule is COc1cccc2c1N(C)CCCN2CC(=O)O. The van der Waals surface area contributed by atoms with Crippen molar-refractivity contribution in [2.24, 2.45) is 0 Å². The van der Waals surface area contributed by atoms with Crippen LogP contribution in [-0.4, -0.2) is 44.9 Å². The van der Waals surface area contributed by atoms with Crippen molar-refractivity contribution in [3.8, 4) is 5.75 Å². The molecule has 0 unspecified atom stereocenters. The molecule has 0 saturated carbocycles. The highest BCUT2D eigenvalue weighted by molar-refractivity contribution is 5.82. The van der Waals surface area contributed by atoms with Gasteiger partial charge in [0, 0.05) is 20.1 Å². The monoisotopic (exact) mass is 250 g/mol. The number of para-hydroxylation sites is 1. The van der Waals surface area contributed by atoms with Gasteiger partial charge in [-0.2, -0.15) is 0 Å². The van der Waals surface area contributed by atoms with Gasteiger partial charge in [-0.15, -0.1) is 0 Å². The van der Waals surface area contributed by atoms with Crippen LogP contribution in [0.15, 0.2) is 18.2 Å². The lowest BCUT2D eigenvalue weighted by Gasteiger charge is -2.25. The minimum Gasteiger partial charge on any atom is -0.495 e. The molecule has 98 valence electrons. The Kier molecular flexibility index (Phi) is 3.60. The van der Waals surface area contributed by atoms with Gasteiger partial charge >= 0.3 is 5.97 Å². The second kappa shape index (κ2) is 5.16. The number of hydrogen-bond donors (Lipinski definition) is 1. The van der Waals surface area contributed by atoms with Crippen LogP contribution in [-0.2, 0) is 4.79 Å². The number of methoxy groups -OCH3 is 1. The number of carboxylic acids is 1. The third-order valence-electron chi connectivity index (χ3n) is 3.17. The zero-order valence-corrected chi connectivity index (χ0v) is 10.7. The number of benzene rings is 1. The van der Waals surface area contributed by atoms with Gasteiger partial charge in [0.2, 0.25) is 0 Å². The Labute approximate surface area is 107 Å². The fourth-order valence-electron chi connectivity index (χ4n) is 2.37. The molecule has 0 saturated heterocycles. The molecule has 0 fully saturated rings. The number of aliphatic carboxylic acids is 1. The van der Waals surface area contributed by atoms with Gasteiger partial charge < -0.3 is 19.6 Å². The lowest BCUT2D eigenvalue weighted by Crippen LogP contribution is -2.30. The van der Waals surface area contributed by atoms with Gasteiger partial charge in [0.05, 0.1) is 12.8 Å². The summed E-state index contributed by atoms with van der Waals surface area (Å²) in [5, 5.41) is 8.99. The van der Waals surface area contributed by atoms with E-state index in [1.807, 2.05) is 30.1 Å². The van der Waals surface area contributed by atoms with Crippen LogP contribution in [0.3, 0.4) is 0 Å². The van der Waals surface area contributed by atoms with Crippen molar-refractivity contribution in [1.82, 2.24) is 0 Å². The number of carboxylic acid groups (broad SMARTS) is 1. The lowest BCUT2D eigenvalue weighted by atomic mass is 10.2. The predicted octanol–water partition coefficient (Wildman–Crippen LogP) is 1.43. The maximum absolute atomic E-state index is 10.9. The van der Waals surface area contributed by atoms with E-state index in [1.165, 1.54) is 0 Å². The molecule has 18 heavy (non-hydrogen) atoms. The quantitative estimate of drug-likeness (QED) is 0.879. The first-order valence-electron chi connectivity index (χ1n) is 5.98. The number of carbonyl (C=O) groups is 1. The molecule has 1 heterocycles. The molecule has 0 spiro atoms. The van der Waals surface area contributed by atoms with Gasteiger partial charge in [-0.05, 0) is 18.6 Å². The van der Waals surface area contributed by atoms with Crippen LogP contribution in [0.4, 0.5) is 11.4 Å². The molecule has 2 rings (SSSR count). The van der Waals surface area contributed by atoms with Crippen LogP contribution in [0.25, 0.3) is 0 Å². The fraction of sp³-hybridized carbons (Fsp3) is 0.462. The molecule has 0 aromatic heterocycles. The minimum absolute atomic E-state index is 0.0218. The van der Waals surface area contributed by atoms with E-state index in [0.717, 1.165) is 36.6 Å². The fourth-order valence-corrected chi connectivity index (χ4v) is 2.37. The Bertz CT molecular complexity index is 448. The molecule has 1 N–H and O–H groups in total. The van der Waals surface area contributed by atoms with Crippen LogP contribution < -0.4 is 14.5 Å². The number of hydrogen-bond acceptors (Lipinski definition) is 4. The summed E-state index contributed by atoms with van der Waals surface area (Å²) in [6.07, 6.45) is 0.932. The molecule has 0 bridgehead atoms. The molecule has 5 heteroatoms. The Morgan fingerprint density at radius 1 is 1.44 bits per heavy atom. The topological polar surface area (TPSA) is 53.0 Å². The maximum Gasteiger partial charge on any atom is 0.323 e. The molecule has 0 amide bonds. The molecule has 0 radical (unpaired) electrons. The average Bonchev–Trinajstić information content (AvgIpc) is 2.49. The molecule has 0 atom stereocenters. The first kappa shape index (κ1) is 12.5. The number of anilines is 2. The average molecular weight is 250 g/mol. The van der Waals surface area contributed by atoms with E-state index < -0.39 is 5.97 Å². The number of ether oxygens (including phenoxy) is 1. The molecule has 1 aromatic rings. The van der Waals surface area contributed by atoms with E-state index in [9.17, 15) is 4.79 Å². The summed E-state index contributed by atoms with van der Waals surface area (Å²) in [5.41, 5.74) is 1.90. The molecule has 1 aromatic carbocycles. The Hall–Kier alpha value is -1.91. The zero-order valence-electron chi connectivity index (χ0n) is 10.7. The van der Waals surface area contributed by atoms with Gasteiger partial charge in [0.1, 0.15) is 18.0 Å². The summed E-state index contributed by atoms with van der Waals surface area (Å²) in [6, 6.07) is 5.74. The van der Waals surface area contributed by atoms with E-state index in [2.05, 4.69) is 4.90 Å². The summed E-state index contributed by atoms with van der Waals surface area (Å²) >= 11 is 0. The predicted molar refractivity (Wildman–Crippen MR) is 70.7 cm³/mol. The lowest BCUT2D eigenvalue weighted by molar-refractivity contribution is -0.135. The molecule has 1 aliphatic rings. The molecular formula is C13H18N2O3. The van der Waals surface area contributed by atoms with E-state index in [4.69, 9.17) is 9.84 Å². The van der Waals surface area contributed by atoms with E-state index in [1.54, 1.807) is 7.11 Å². The van der Waals surface area contributed by atoms with Crippen molar-refractivity contribution in [3.63, 3.8) is 0 Å². The summed E-state index contributed by atoms with van der Waals surface area (Å²) in [7, 11) is 3.64. The van der Waals surface area contributed by atoms with Crippen molar-refractivity contribution < 1.29 is 14.6 Å². The van der Waals surface area contributed by atoms with Gasteiger partial charge in [-0.25, -0.2) is 0 Å². The Morgan fingerprint density at radius 3 is 2.89 bits per heavy atom. The van der Waals surface area contributed by atoms with Crippen molar-refractivity contribution >= 4 is 17.3 Å². The molecule has 0 aliphatic carbocycles. The smallest absolute Gasteiger partial charge is 0.323 e. The summed E-state index contributed by atoms with van der Waals surface area (Å²) in [6.45, 7) is 1.66. The van der Waals surface area contributed by atoms with Crippen LogP contribution in [0.1, 0.15) is 6.42 Å². The third-order valence-corrected chi connectivity index (χ3v) is 3.17. The second-order valence-corrected chi connectivity index (χ2v) is 4.42. The first-order chi connectivity index (χ1) is 8.63. The number of nitrogens with zero attached hydrogens (tertiary/aromatic N) is 2. The van der Waals surface area contributed by atoms with Crippen LogP contribution in [0, 0.1) is 0 Å². The highest BCUT2D eigenvalue weighted by atomic mass is 16.5. The minimum atomic E-state index is -0.812. The Morgan fingerprint density at radius 2 is 2.22 bits per heavy atom. The van der Waals surface area contributed by atoms with E-state index in [0.29, 0.717) is 0 Å². The highest BCUT2D eigenvalue weighted by Crippen LogP contribution is 2.39. The molecule has 1 aliphatic heterocycles. The summed E-state index contributed by atoms with van der Waals surface area (Å²) in [4.78, 5) is 15.0. The van der Waals surface area contributed by atoms with Crippen LogP contribution >= 0.6 is 0 Å². The normalized spacial score (nSPS) is 15.0. The van der Waals surface area contributed by atoms with Gasteiger partial charge in [0.25, 0.3) is 0 Å². The largest absolute Gasteiger partial charge is 0.495 e. The zero-order chi connectivity index (χ0) is 13.1. The highest BCUT2D eigenvalue weighted by Gasteiger charge is 2.22.